The van der Waals surface area contributed by atoms with Gasteiger partial charge < -0.3 is 10.3 Å². The fourth-order valence-electron chi connectivity index (χ4n) is 2.70. The Kier molecular flexibility index (Phi) is 4.32. The van der Waals surface area contributed by atoms with Crippen molar-refractivity contribution in [2.45, 2.75) is 32.0 Å². The number of benzene rings is 1. The second-order valence-electron chi connectivity index (χ2n) is 4.99. The lowest BCUT2D eigenvalue weighted by Crippen LogP contribution is -2.23. The highest BCUT2D eigenvalue weighted by Crippen LogP contribution is 2.32. The zero-order chi connectivity index (χ0) is 13.9. The molecule has 106 valence electrons. The average molecular weight is 384 g/mol. The summed E-state index contributed by atoms with van der Waals surface area (Å²) in [6.45, 7) is 2.09. The van der Waals surface area contributed by atoms with Crippen LogP contribution < -0.4 is 5.73 Å². The molecule has 2 aromatic rings. The Morgan fingerprint density at radius 1 is 1.35 bits per heavy atom. The van der Waals surface area contributed by atoms with Crippen LogP contribution >= 0.6 is 22.6 Å². The smallest absolute Gasteiger partial charge is 0.240 e. The van der Waals surface area contributed by atoms with Crippen molar-refractivity contribution in [1.82, 2.24) is 15.0 Å². The summed E-state index contributed by atoms with van der Waals surface area (Å²) in [4.78, 5) is 6.70. The molecule has 1 aliphatic heterocycles. The van der Waals surface area contributed by atoms with Gasteiger partial charge in [-0.3, -0.25) is 4.90 Å². The van der Waals surface area contributed by atoms with Crippen LogP contribution in [0.4, 0.5) is 0 Å². The largest absolute Gasteiger partial charge is 0.338 e. The van der Waals surface area contributed by atoms with Crippen molar-refractivity contribution in [2.75, 3.05) is 6.54 Å². The number of hydrogen-bond donors (Lipinski definition) is 1. The van der Waals surface area contributed by atoms with Crippen molar-refractivity contribution in [3.8, 4) is 0 Å². The lowest BCUT2D eigenvalue weighted by molar-refractivity contribution is 0.238. The molecule has 1 aliphatic rings. The van der Waals surface area contributed by atoms with E-state index in [1.54, 1.807) is 0 Å². The first-order chi connectivity index (χ1) is 9.76. The van der Waals surface area contributed by atoms with Crippen LogP contribution in [-0.2, 0) is 13.1 Å². The van der Waals surface area contributed by atoms with E-state index >= 15 is 0 Å². The molecule has 1 fully saturated rings. The minimum absolute atomic E-state index is 0.299. The quantitative estimate of drug-likeness (QED) is 0.821. The van der Waals surface area contributed by atoms with E-state index in [2.05, 4.69) is 61.9 Å². The molecule has 0 radical (unpaired) electrons. The van der Waals surface area contributed by atoms with Crippen LogP contribution in [0, 0.1) is 3.57 Å². The average Bonchev–Trinajstić information content (AvgIpc) is 3.09. The molecule has 5 nitrogen and oxygen atoms in total. The molecule has 2 heterocycles. The maximum atomic E-state index is 5.49. The standard InChI is InChI=1S/C14H17IN4O/c15-11-5-3-10(4-6-11)12-2-1-7-19(12)9-13-17-14(8-16)20-18-13/h3-6,12H,1-2,7-9,16H2. The fourth-order valence-corrected chi connectivity index (χ4v) is 3.06. The zero-order valence-electron chi connectivity index (χ0n) is 11.1. The van der Waals surface area contributed by atoms with Crippen LogP contribution in [0.3, 0.4) is 0 Å². The van der Waals surface area contributed by atoms with Gasteiger partial charge in [-0.15, -0.1) is 0 Å². The SMILES string of the molecule is NCc1nc(CN2CCCC2c2ccc(I)cc2)no1. The third-order valence-corrected chi connectivity index (χ3v) is 4.37. The molecule has 1 unspecified atom stereocenters. The van der Waals surface area contributed by atoms with E-state index in [9.17, 15) is 0 Å². The molecule has 0 spiro atoms. The van der Waals surface area contributed by atoms with Gasteiger partial charge in [-0.05, 0) is 59.7 Å². The predicted molar refractivity (Wildman–Crippen MR) is 83.7 cm³/mol. The Hall–Kier alpha value is -0.990. The van der Waals surface area contributed by atoms with Crippen LogP contribution in [0.1, 0.15) is 36.2 Å². The van der Waals surface area contributed by atoms with Crippen molar-refractivity contribution in [2.24, 2.45) is 5.73 Å². The Labute approximate surface area is 131 Å². The molecule has 0 amide bonds. The lowest BCUT2D eigenvalue weighted by Gasteiger charge is -2.23. The summed E-state index contributed by atoms with van der Waals surface area (Å²) in [6, 6.07) is 9.20. The minimum atomic E-state index is 0.299. The number of hydrogen-bond acceptors (Lipinski definition) is 5. The first-order valence-corrected chi connectivity index (χ1v) is 7.85. The monoisotopic (exact) mass is 384 g/mol. The van der Waals surface area contributed by atoms with Gasteiger partial charge >= 0.3 is 0 Å². The maximum Gasteiger partial charge on any atom is 0.240 e. The first kappa shape index (κ1) is 14.0. The van der Waals surface area contributed by atoms with Gasteiger partial charge in [0.05, 0.1) is 13.1 Å². The van der Waals surface area contributed by atoms with Crippen LogP contribution in [0.25, 0.3) is 0 Å². The van der Waals surface area contributed by atoms with Crippen molar-refractivity contribution in [3.63, 3.8) is 0 Å². The Bertz CT molecular complexity index is 569. The van der Waals surface area contributed by atoms with Gasteiger partial charge in [-0.2, -0.15) is 4.98 Å². The normalized spacial score (nSPS) is 19.6. The van der Waals surface area contributed by atoms with E-state index in [0.29, 0.717) is 18.5 Å². The summed E-state index contributed by atoms with van der Waals surface area (Å²) < 4.78 is 6.33. The summed E-state index contributed by atoms with van der Waals surface area (Å²) in [5, 5.41) is 3.98. The molecule has 1 aromatic carbocycles. The lowest BCUT2D eigenvalue weighted by atomic mass is 10.0. The molecule has 1 atom stereocenters. The highest BCUT2D eigenvalue weighted by Gasteiger charge is 2.27. The number of nitrogens with two attached hydrogens (primary N) is 1. The first-order valence-electron chi connectivity index (χ1n) is 6.77. The van der Waals surface area contributed by atoms with E-state index in [4.69, 9.17) is 10.3 Å². The summed E-state index contributed by atoms with van der Waals surface area (Å²) in [5.41, 5.74) is 6.86. The van der Waals surface area contributed by atoms with Gasteiger partial charge in [0.15, 0.2) is 5.82 Å². The topological polar surface area (TPSA) is 68.2 Å². The third kappa shape index (κ3) is 3.02. The fraction of sp³-hybridized carbons (Fsp3) is 0.429. The van der Waals surface area contributed by atoms with Gasteiger partial charge in [0.1, 0.15) is 0 Å². The van der Waals surface area contributed by atoms with Gasteiger partial charge in [0.2, 0.25) is 5.89 Å². The minimum Gasteiger partial charge on any atom is -0.338 e. The van der Waals surface area contributed by atoms with Crippen LogP contribution in [0.15, 0.2) is 28.8 Å². The van der Waals surface area contributed by atoms with Crippen molar-refractivity contribution >= 4 is 22.6 Å². The van der Waals surface area contributed by atoms with E-state index in [1.165, 1.54) is 22.0 Å². The predicted octanol–water partition coefficient (Wildman–Crippen LogP) is 2.47. The molecular formula is C14H17IN4O. The number of likely N-dealkylation sites (tertiary alicyclic amines) is 1. The van der Waals surface area contributed by atoms with Gasteiger partial charge in [0, 0.05) is 9.61 Å². The summed E-state index contributed by atoms with van der Waals surface area (Å²) in [7, 11) is 0. The second-order valence-corrected chi connectivity index (χ2v) is 6.23. The number of aromatic nitrogens is 2. The van der Waals surface area contributed by atoms with Crippen LogP contribution in [-0.4, -0.2) is 21.6 Å². The second kappa shape index (κ2) is 6.19. The van der Waals surface area contributed by atoms with Gasteiger partial charge in [0.25, 0.3) is 0 Å². The molecule has 0 bridgehead atoms. The Balaban J connectivity index is 1.73. The molecule has 2 N–H and O–H groups in total. The highest BCUT2D eigenvalue weighted by atomic mass is 127. The summed E-state index contributed by atoms with van der Waals surface area (Å²) in [6.07, 6.45) is 2.39. The zero-order valence-corrected chi connectivity index (χ0v) is 13.3. The number of nitrogens with zero attached hydrogens (tertiary/aromatic N) is 3. The highest BCUT2D eigenvalue weighted by molar-refractivity contribution is 14.1. The third-order valence-electron chi connectivity index (χ3n) is 3.65. The van der Waals surface area contributed by atoms with E-state index in [-0.39, 0.29) is 0 Å². The van der Waals surface area contributed by atoms with Crippen LogP contribution in [0.2, 0.25) is 0 Å². The van der Waals surface area contributed by atoms with E-state index < -0.39 is 0 Å². The molecular weight excluding hydrogens is 367 g/mol. The Morgan fingerprint density at radius 2 is 2.15 bits per heavy atom. The molecule has 1 aromatic heterocycles. The molecule has 1 saturated heterocycles. The van der Waals surface area contributed by atoms with Gasteiger partial charge in [-0.1, -0.05) is 17.3 Å². The molecule has 0 saturated carbocycles. The van der Waals surface area contributed by atoms with Crippen LogP contribution in [0.5, 0.6) is 0 Å². The van der Waals surface area contributed by atoms with Crippen molar-refractivity contribution in [3.05, 3.63) is 45.1 Å². The van der Waals surface area contributed by atoms with Crippen molar-refractivity contribution in [1.29, 1.82) is 0 Å². The molecule has 20 heavy (non-hydrogen) atoms. The van der Waals surface area contributed by atoms with Gasteiger partial charge in [-0.25, -0.2) is 0 Å². The van der Waals surface area contributed by atoms with E-state index in [0.717, 1.165) is 18.9 Å². The summed E-state index contributed by atoms with van der Waals surface area (Å²) >= 11 is 2.33. The molecule has 0 aliphatic carbocycles. The van der Waals surface area contributed by atoms with E-state index in [1.807, 2.05) is 0 Å². The number of halogens is 1. The Morgan fingerprint density at radius 3 is 2.85 bits per heavy atom. The number of rotatable bonds is 4. The van der Waals surface area contributed by atoms with Crippen molar-refractivity contribution < 1.29 is 4.52 Å². The molecule has 3 rings (SSSR count). The summed E-state index contributed by atoms with van der Waals surface area (Å²) in [5.74, 6) is 1.23. The molecule has 6 heteroatoms. The maximum absolute atomic E-state index is 5.49.